The SMILES string of the molecule is COc1ccc(C(NS(=O)(=O)Cc2ccccc2)C(C)C)cc1. The zero-order chi connectivity index (χ0) is 16.9. The monoisotopic (exact) mass is 333 g/mol. The highest BCUT2D eigenvalue weighted by Crippen LogP contribution is 2.25. The first kappa shape index (κ1) is 17.5. The minimum atomic E-state index is -3.42. The second kappa shape index (κ2) is 7.62. The molecule has 0 aliphatic carbocycles. The van der Waals surface area contributed by atoms with Crippen molar-refractivity contribution < 1.29 is 13.2 Å². The lowest BCUT2D eigenvalue weighted by atomic mass is 9.97. The number of benzene rings is 2. The van der Waals surface area contributed by atoms with E-state index in [1.807, 2.05) is 68.4 Å². The van der Waals surface area contributed by atoms with Gasteiger partial charge in [-0.05, 0) is 29.2 Å². The van der Waals surface area contributed by atoms with Crippen molar-refractivity contribution in [2.45, 2.75) is 25.6 Å². The van der Waals surface area contributed by atoms with E-state index >= 15 is 0 Å². The van der Waals surface area contributed by atoms with Crippen LogP contribution < -0.4 is 9.46 Å². The zero-order valence-electron chi connectivity index (χ0n) is 13.7. The summed E-state index contributed by atoms with van der Waals surface area (Å²) in [5.41, 5.74) is 1.70. The highest BCUT2D eigenvalue weighted by atomic mass is 32.2. The van der Waals surface area contributed by atoms with E-state index in [0.717, 1.165) is 16.9 Å². The average Bonchev–Trinajstić information content (AvgIpc) is 2.53. The first-order valence-electron chi connectivity index (χ1n) is 7.59. The van der Waals surface area contributed by atoms with Crippen molar-refractivity contribution in [3.05, 3.63) is 65.7 Å². The highest BCUT2D eigenvalue weighted by Gasteiger charge is 2.22. The summed E-state index contributed by atoms with van der Waals surface area (Å²) in [5, 5.41) is 0. The van der Waals surface area contributed by atoms with Gasteiger partial charge in [0.25, 0.3) is 0 Å². The predicted octanol–water partition coefficient (Wildman–Crippen LogP) is 3.51. The molecule has 2 aromatic rings. The molecule has 2 rings (SSSR count). The lowest BCUT2D eigenvalue weighted by molar-refractivity contribution is 0.413. The second-order valence-electron chi connectivity index (χ2n) is 5.86. The van der Waals surface area contributed by atoms with Gasteiger partial charge >= 0.3 is 0 Å². The molecule has 0 spiro atoms. The van der Waals surface area contributed by atoms with Crippen molar-refractivity contribution in [3.63, 3.8) is 0 Å². The van der Waals surface area contributed by atoms with Gasteiger partial charge in [-0.2, -0.15) is 0 Å². The Kier molecular flexibility index (Phi) is 5.80. The van der Waals surface area contributed by atoms with Crippen LogP contribution in [0.4, 0.5) is 0 Å². The average molecular weight is 333 g/mol. The molecule has 1 atom stereocenters. The molecule has 0 fully saturated rings. The van der Waals surface area contributed by atoms with Crippen molar-refractivity contribution in [2.75, 3.05) is 7.11 Å². The van der Waals surface area contributed by atoms with E-state index in [1.165, 1.54) is 0 Å². The van der Waals surface area contributed by atoms with Gasteiger partial charge in [0.1, 0.15) is 5.75 Å². The molecule has 2 aromatic carbocycles. The molecule has 0 radical (unpaired) electrons. The van der Waals surface area contributed by atoms with Crippen LogP contribution >= 0.6 is 0 Å². The van der Waals surface area contributed by atoms with Crippen molar-refractivity contribution in [3.8, 4) is 5.75 Å². The lowest BCUT2D eigenvalue weighted by Gasteiger charge is -2.23. The van der Waals surface area contributed by atoms with E-state index in [9.17, 15) is 8.42 Å². The molecule has 124 valence electrons. The normalized spacial score (nSPS) is 13.0. The molecule has 0 aromatic heterocycles. The Bertz CT molecular complexity index is 710. The topological polar surface area (TPSA) is 55.4 Å². The van der Waals surface area contributed by atoms with E-state index in [0.29, 0.717) is 0 Å². The molecule has 1 N–H and O–H groups in total. The van der Waals surface area contributed by atoms with Gasteiger partial charge in [-0.3, -0.25) is 0 Å². The summed E-state index contributed by atoms with van der Waals surface area (Å²) in [4.78, 5) is 0. The largest absolute Gasteiger partial charge is 0.497 e. The van der Waals surface area contributed by atoms with E-state index in [-0.39, 0.29) is 17.7 Å². The summed E-state index contributed by atoms with van der Waals surface area (Å²) in [6, 6.07) is 16.4. The number of methoxy groups -OCH3 is 1. The standard InChI is InChI=1S/C18H23NO3S/c1-14(2)18(16-9-11-17(22-3)12-10-16)19-23(20,21)13-15-7-5-4-6-8-15/h4-12,14,18-19H,13H2,1-3H3. The van der Waals surface area contributed by atoms with Crippen molar-refractivity contribution in [1.29, 1.82) is 0 Å². The molecular formula is C18H23NO3S. The quantitative estimate of drug-likeness (QED) is 0.843. The molecule has 0 bridgehead atoms. The molecule has 0 saturated heterocycles. The minimum Gasteiger partial charge on any atom is -0.497 e. The summed E-state index contributed by atoms with van der Waals surface area (Å²) in [6.07, 6.45) is 0. The summed E-state index contributed by atoms with van der Waals surface area (Å²) < 4.78 is 32.9. The van der Waals surface area contributed by atoms with Gasteiger partial charge in [0.05, 0.1) is 12.9 Å². The third-order valence-corrected chi connectivity index (χ3v) is 4.97. The minimum absolute atomic E-state index is 0.0206. The fraction of sp³-hybridized carbons (Fsp3) is 0.333. The molecule has 0 aliphatic rings. The maximum absolute atomic E-state index is 12.5. The van der Waals surface area contributed by atoms with Crippen LogP contribution in [0.1, 0.15) is 31.0 Å². The van der Waals surface area contributed by atoms with Crippen LogP contribution in [-0.4, -0.2) is 15.5 Å². The van der Waals surface area contributed by atoms with E-state index in [1.54, 1.807) is 7.11 Å². The molecule has 0 amide bonds. The number of hydrogen-bond donors (Lipinski definition) is 1. The van der Waals surface area contributed by atoms with Gasteiger partial charge in [-0.1, -0.05) is 56.3 Å². The van der Waals surface area contributed by atoms with Crippen molar-refractivity contribution in [2.24, 2.45) is 5.92 Å². The fourth-order valence-electron chi connectivity index (χ4n) is 2.43. The number of rotatable bonds is 7. The fourth-order valence-corrected chi connectivity index (χ4v) is 3.94. The predicted molar refractivity (Wildman–Crippen MR) is 92.8 cm³/mol. The van der Waals surface area contributed by atoms with Crippen LogP contribution in [0.15, 0.2) is 54.6 Å². The Hall–Kier alpha value is -1.85. The molecule has 1 unspecified atom stereocenters. The number of ether oxygens (including phenoxy) is 1. The van der Waals surface area contributed by atoms with Crippen LogP contribution in [0, 0.1) is 5.92 Å². The van der Waals surface area contributed by atoms with Crippen LogP contribution in [0.25, 0.3) is 0 Å². The number of nitrogens with one attached hydrogen (secondary N) is 1. The van der Waals surface area contributed by atoms with Gasteiger partial charge in [0.15, 0.2) is 0 Å². The molecular weight excluding hydrogens is 310 g/mol. The first-order chi connectivity index (χ1) is 10.9. The second-order valence-corrected chi connectivity index (χ2v) is 7.61. The first-order valence-corrected chi connectivity index (χ1v) is 9.24. The van der Waals surface area contributed by atoms with Gasteiger partial charge in [-0.25, -0.2) is 13.1 Å². The molecule has 4 nitrogen and oxygen atoms in total. The van der Waals surface area contributed by atoms with Crippen LogP contribution in [-0.2, 0) is 15.8 Å². The summed E-state index contributed by atoms with van der Waals surface area (Å²) in [6.45, 7) is 4.00. The van der Waals surface area contributed by atoms with E-state index in [2.05, 4.69) is 4.72 Å². The molecule has 0 aliphatic heterocycles. The summed E-state index contributed by atoms with van der Waals surface area (Å²) in [5.74, 6) is 0.866. The Balaban J connectivity index is 2.17. The van der Waals surface area contributed by atoms with Gasteiger partial charge in [0, 0.05) is 6.04 Å². The molecule has 5 heteroatoms. The van der Waals surface area contributed by atoms with Crippen LogP contribution in [0.5, 0.6) is 5.75 Å². The third kappa shape index (κ3) is 5.08. The number of sulfonamides is 1. The molecule has 0 saturated carbocycles. The highest BCUT2D eigenvalue weighted by molar-refractivity contribution is 7.88. The van der Waals surface area contributed by atoms with Gasteiger partial charge in [-0.15, -0.1) is 0 Å². The summed E-state index contributed by atoms with van der Waals surface area (Å²) in [7, 11) is -1.82. The Morgan fingerprint density at radius 2 is 1.61 bits per heavy atom. The van der Waals surface area contributed by atoms with Crippen molar-refractivity contribution >= 4 is 10.0 Å². The third-order valence-electron chi connectivity index (χ3n) is 3.65. The van der Waals surface area contributed by atoms with Crippen molar-refractivity contribution in [1.82, 2.24) is 4.72 Å². The Morgan fingerprint density at radius 1 is 1.00 bits per heavy atom. The lowest BCUT2D eigenvalue weighted by Crippen LogP contribution is -2.32. The van der Waals surface area contributed by atoms with Gasteiger partial charge in [0.2, 0.25) is 10.0 Å². The Labute approximate surface area is 138 Å². The van der Waals surface area contributed by atoms with Crippen LogP contribution in [0.2, 0.25) is 0 Å². The maximum Gasteiger partial charge on any atom is 0.216 e. The van der Waals surface area contributed by atoms with Gasteiger partial charge < -0.3 is 4.74 Å². The smallest absolute Gasteiger partial charge is 0.216 e. The van der Waals surface area contributed by atoms with E-state index < -0.39 is 10.0 Å². The zero-order valence-corrected chi connectivity index (χ0v) is 14.5. The molecule has 23 heavy (non-hydrogen) atoms. The molecule has 0 heterocycles. The maximum atomic E-state index is 12.5. The number of hydrogen-bond acceptors (Lipinski definition) is 3. The summed E-state index contributed by atoms with van der Waals surface area (Å²) >= 11 is 0. The van der Waals surface area contributed by atoms with E-state index in [4.69, 9.17) is 4.74 Å². The van der Waals surface area contributed by atoms with Crippen LogP contribution in [0.3, 0.4) is 0 Å². The Morgan fingerprint density at radius 3 is 2.13 bits per heavy atom.